The summed E-state index contributed by atoms with van der Waals surface area (Å²) in [5, 5.41) is 2.96. The van der Waals surface area contributed by atoms with Crippen LogP contribution in [0.4, 0.5) is 10.1 Å². The Morgan fingerprint density at radius 2 is 1.59 bits per heavy atom. The second-order valence-electron chi connectivity index (χ2n) is 9.56. The molecular weight excluding hydrogens is 515 g/mol. The Hall–Kier alpha value is -4.30. The van der Waals surface area contributed by atoms with Gasteiger partial charge in [0.2, 0.25) is 9.84 Å². The van der Waals surface area contributed by atoms with Gasteiger partial charge in [0, 0.05) is 17.2 Å². The SMILES string of the molecule is C[C@H](CCc1ccccc1)NC(=O)c1ccc2c(c1)N(Cc1ccccc1F)C(=O)c1ccccc1S2(=O)=O. The third-order valence-electron chi connectivity index (χ3n) is 6.83. The third-order valence-corrected chi connectivity index (χ3v) is 8.69. The number of fused-ring (bicyclic) bond motifs is 2. The molecule has 5 rings (SSSR count). The molecule has 0 unspecified atom stereocenters. The first kappa shape index (κ1) is 26.3. The van der Waals surface area contributed by atoms with Crippen molar-refractivity contribution in [1.29, 1.82) is 0 Å². The quantitative estimate of drug-likeness (QED) is 0.331. The van der Waals surface area contributed by atoms with Crippen molar-refractivity contribution in [2.75, 3.05) is 4.90 Å². The van der Waals surface area contributed by atoms with E-state index in [1.54, 1.807) is 24.3 Å². The lowest BCUT2D eigenvalue weighted by Crippen LogP contribution is -2.34. The Balaban J connectivity index is 1.50. The maximum atomic E-state index is 14.6. The van der Waals surface area contributed by atoms with Crippen LogP contribution in [-0.4, -0.2) is 26.3 Å². The Morgan fingerprint density at radius 1 is 0.897 bits per heavy atom. The van der Waals surface area contributed by atoms with Crippen molar-refractivity contribution in [2.24, 2.45) is 0 Å². The van der Waals surface area contributed by atoms with E-state index >= 15 is 0 Å². The zero-order valence-electron chi connectivity index (χ0n) is 21.3. The molecule has 1 aliphatic rings. The number of anilines is 1. The van der Waals surface area contributed by atoms with Crippen molar-refractivity contribution in [3.8, 4) is 0 Å². The van der Waals surface area contributed by atoms with Gasteiger partial charge >= 0.3 is 0 Å². The average Bonchev–Trinajstić information content (AvgIpc) is 3.01. The lowest BCUT2D eigenvalue weighted by Gasteiger charge is -2.24. The van der Waals surface area contributed by atoms with Crippen LogP contribution in [-0.2, 0) is 22.8 Å². The highest BCUT2D eigenvalue weighted by Gasteiger charge is 2.36. The highest BCUT2D eigenvalue weighted by atomic mass is 32.2. The molecule has 0 aliphatic carbocycles. The molecule has 1 atom stereocenters. The van der Waals surface area contributed by atoms with E-state index in [4.69, 9.17) is 0 Å². The monoisotopic (exact) mass is 542 g/mol. The molecule has 198 valence electrons. The van der Waals surface area contributed by atoms with E-state index < -0.39 is 27.5 Å². The third kappa shape index (κ3) is 5.33. The molecule has 39 heavy (non-hydrogen) atoms. The number of benzene rings is 4. The van der Waals surface area contributed by atoms with E-state index in [2.05, 4.69) is 5.32 Å². The maximum absolute atomic E-state index is 14.6. The van der Waals surface area contributed by atoms with Crippen LogP contribution < -0.4 is 10.2 Å². The number of hydrogen-bond donors (Lipinski definition) is 1. The second-order valence-corrected chi connectivity index (χ2v) is 11.5. The first-order valence-electron chi connectivity index (χ1n) is 12.6. The molecule has 1 aliphatic heterocycles. The molecule has 0 saturated carbocycles. The van der Waals surface area contributed by atoms with Crippen LogP contribution in [0, 0.1) is 5.82 Å². The van der Waals surface area contributed by atoms with Crippen molar-refractivity contribution in [2.45, 2.75) is 42.1 Å². The molecule has 0 bridgehead atoms. The first-order chi connectivity index (χ1) is 18.8. The van der Waals surface area contributed by atoms with Gasteiger partial charge in [-0.1, -0.05) is 60.7 Å². The zero-order chi connectivity index (χ0) is 27.6. The minimum atomic E-state index is -4.10. The summed E-state index contributed by atoms with van der Waals surface area (Å²) in [4.78, 5) is 27.9. The molecule has 0 saturated heterocycles. The zero-order valence-corrected chi connectivity index (χ0v) is 22.1. The molecule has 1 N–H and O–H groups in total. The van der Waals surface area contributed by atoms with Gasteiger partial charge in [0.25, 0.3) is 11.8 Å². The summed E-state index contributed by atoms with van der Waals surface area (Å²) in [5.74, 6) is -1.51. The molecule has 8 heteroatoms. The number of carbonyl (C=O) groups excluding carboxylic acids is 2. The Kier molecular flexibility index (Phi) is 7.30. The molecule has 2 amide bonds. The van der Waals surface area contributed by atoms with Crippen LogP contribution in [0.3, 0.4) is 0 Å². The summed E-state index contributed by atoms with van der Waals surface area (Å²) < 4.78 is 41.9. The summed E-state index contributed by atoms with van der Waals surface area (Å²) in [7, 11) is -4.10. The Bertz CT molecular complexity index is 1650. The number of halogens is 1. The van der Waals surface area contributed by atoms with E-state index in [1.165, 1.54) is 47.4 Å². The van der Waals surface area contributed by atoms with Gasteiger partial charge in [0.05, 0.1) is 27.6 Å². The molecular formula is C31H27FN2O4S. The molecule has 0 radical (unpaired) electrons. The summed E-state index contributed by atoms with van der Waals surface area (Å²) in [6.45, 7) is 1.69. The van der Waals surface area contributed by atoms with Crippen molar-refractivity contribution in [1.82, 2.24) is 5.32 Å². The van der Waals surface area contributed by atoms with E-state index in [-0.39, 0.29) is 44.8 Å². The Labute approximate surface area is 227 Å². The predicted molar refractivity (Wildman–Crippen MR) is 147 cm³/mol. The normalized spacial score (nSPS) is 14.6. The standard InChI is InChI=1S/C31H27FN2O4S/c1-21(15-16-22-9-3-2-4-10-22)33-30(35)23-17-18-29-27(19-23)34(20-24-11-5-7-13-26(24)32)31(36)25-12-6-8-14-28(25)39(29,37)38/h2-14,17-19,21H,15-16,20H2,1H3,(H,33,35)/t21-/m1/s1. The minimum absolute atomic E-state index is 0.00873. The van der Waals surface area contributed by atoms with Crippen LogP contribution in [0.1, 0.15) is 45.2 Å². The largest absolute Gasteiger partial charge is 0.350 e. The second kappa shape index (κ2) is 10.8. The van der Waals surface area contributed by atoms with Gasteiger partial charge in [-0.3, -0.25) is 9.59 Å². The fourth-order valence-corrected chi connectivity index (χ4v) is 6.34. The van der Waals surface area contributed by atoms with Crippen LogP contribution in [0.5, 0.6) is 0 Å². The molecule has 1 heterocycles. The van der Waals surface area contributed by atoms with Crippen LogP contribution in [0.25, 0.3) is 0 Å². The van der Waals surface area contributed by atoms with Gasteiger partial charge in [-0.25, -0.2) is 12.8 Å². The fourth-order valence-electron chi connectivity index (χ4n) is 4.71. The molecule has 0 spiro atoms. The summed E-state index contributed by atoms with van der Waals surface area (Å²) in [5.41, 5.74) is 1.61. The van der Waals surface area contributed by atoms with Crippen LogP contribution in [0.15, 0.2) is 107 Å². The number of rotatable bonds is 7. The van der Waals surface area contributed by atoms with Gasteiger partial charge in [-0.15, -0.1) is 0 Å². The van der Waals surface area contributed by atoms with Gasteiger partial charge in [-0.2, -0.15) is 0 Å². The number of hydrogen-bond acceptors (Lipinski definition) is 4. The van der Waals surface area contributed by atoms with E-state index in [1.807, 2.05) is 37.3 Å². The number of nitrogens with one attached hydrogen (secondary N) is 1. The van der Waals surface area contributed by atoms with Gasteiger partial charge in [0.1, 0.15) is 5.82 Å². The smallest absolute Gasteiger partial charge is 0.259 e. The fraction of sp³-hybridized carbons (Fsp3) is 0.161. The topological polar surface area (TPSA) is 83.6 Å². The number of aryl methyl sites for hydroxylation is 1. The van der Waals surface area contributed by atoms with E-state index in [0.29, 0.717) is 6.42 Å². The summed E-state index contributed by atoms with van der Waals surface area (Å²) >= 11 is 0. The summed E-state index contributed by atoms with van der Waals surface area (Å²) in [6, 6.07) is 25.9. The van der Waals surface area contributed by atoms with Crippen molar-refractivity contribution in [3.05, 3.63) is 125 Å². The minimum Gasteiger partial charge on any atom is -0.350 e. The number of nitrogens with zero attached hydrogens (tertiary/aromatic N) is 1. The summed E-state index contributed by atoms with van der Waals surface area (Å²) in [6.07, 6.45) is 1.50. The number of amides is 2. The molecule has 4 aromatic carbocycles. The van der Waals surface area contributed by atoms with Crippen LogP contribution in [0.2, 0.25) is 0 Å². The molecule has 0 aromatic heterocycles. The van der Waals surface area contributed by atoms with Gasteiger partial charge < -0.3 is 10.2 Å². The molecule has 0 fully saturated rings. The van der Waals surface area contributed by atoms with Gasteiger partial charge in [-0.05, 0) is 61.7 Å². The van der Waals surface area contributed by atoms with Gasteiger partial charge in [0.15, 0.2) is 0 Å². The average molecular weight is 543 g/mol. The van der Waals surface area contributed by atoms with Crippen molar-refractivity contribution in [3.63, 3.8) is 0 Å². The lowest BCUT2D eigenvalue weighted by atomic mass is 10.1. The van der Waals surface area contributed by atoms with Crippen molar-refractivity contribution < 1.29 is 22.4 Å². The highest BCUT2D eigenvalue weighted by Crippen LogP contribution is 2.38. The Morgan fingerprint density at radius 3 is 2.36 bits per heavy atom. The number of carbonyl (C=O) groups is 2. The first-order valence-corrected chi connectivity index (χ1v) is 14.1. The predicted octanol–water partition coefficient (Wildman–Crippen LogP) is 5.57. The number of sulfone groups is 1. The van der Waals surface area contributed by atoms with Crippen LogP contribution >= 0.6 is 0 Å². The highest BCUT2D eigenvalue weighted by molar-refractivity contribution is 7.91. The van der Waals surface area contributed by atoms with E-state index in [0.717, 1.165) is 12.0 Å². The lowest BCUT2D eigenvalue weighted by molar-refractivity contribution is 0.0935. The maximum Gasteiger partial charge on any atom is 0.259 e. The molecule has 6 nitrogen and oxygen atoms in total. The van der Waals surface area contributed by atoms with E-state index in [9.17, 15) is 22.4 Å². The van der Waals surface area contributed by atoms with Crippen molar-refractivity contribution >= 4 is 27.3 Å². The molecule has 4 aromatic rings.